The topological polar surface area (TPSA) is 69.6 Å². The van der Waals surface area contributed by atoms with E-state index in [-0.39, 0.29) is 38.0 Å². The van der Waals surface area contributed by atoms with Crippen LogP contribution in [0.2, 0.25) is 0 Å². The van der Waals surface area contributed by atoms with Gasteiger partial charge in [-0.2, -0.15) is 13.2 Å². The fraction of sp³-hybridized carbons (Fsp3) is 0.833. The second-order valence-corrected chi connectivity index (χ2v) is 5.46. The predicted molar refractivity (Wildman–Crippen MR) is 63.0 cm³/mol. The molecule has 0 aromatic rings. The molecule has 2 N–H and O–H groups in total. The van der Waals surface area contributed by atoms with E-state index in [1.54, 1.807) is 0 Å². The van der Waals surface area contributed by atoms with Gasteiger partial charge in [-0.1, -0.05) is 0 Å². The molecule has 1 aliphatic carbocycles. The van der Waals surface area contributed by atoms with Crippen LogP contribution in [0, 0.1) is 11.8 Å². The summed E-state index contributed by atoms with van der Waals surface area (Å²) >= 11 is 0. The maximum absolute atomic E-state index is 12.5. The van der Waals surface area contributed by atoms with Crippen molar-refractivity contribution in [2.45, 2.75) is 37.9 Å². The minimum Gasteiger partial charge on any atom is -0.481 e. The van der Waals surface area contributed by atoms with E-state index in [0.29, 0.717) is 12.8 Å². The number of alkyl halides is 3. The lowest BCUT2D eigenvalue weighted by atomic mass is 9.80. The highest BCUT2D eigenvalue weighted by atomic mass is 19.4. The molecule has 0 bridgehead atoms. The molecule has 1 heterocycles. The van der Waals surface area contributed by atoms with Gasteiger partial charge in [0.25, 0.3) is 0 Å². The third-order valence-electron chi connectivity index (χ3n) is 4.06. The molecule has 0 aromatic carbocycles. The van der Waals surface area contributed by atoms with Crippen LogP contribution in [0.25, 0.3) is 0 Å². The molecule has 0 aromatic heterocycles. The molecule has 2 amide bonds. The monoisotopic (exact) mass is 294 g/mol. The molecule has 0 atom stereocenters. The van der Waals surface area contributed by atoms with Crippen molar-refractivity contribution in [2.24, 2.45) is 11.8 Å². The average molecular weight is 294 g/mol. The van der Waals surface area contributed by atoms with Gasteiger partial charge in [0.1, 0.15) is 0 Å². The van der Waals surface area contributed by atoms with Gasteiger partial charge >= 0.3 is 18.2 Å². The minimum absolute atomic E-state index is 0.0701. The third-order valence-corrected chi connectivity index (χ3v) is 4.06. The molecule has 1 aliphatic heterocycles. The number of likely N-dealkylation sites (tertiary alicyclic amines) is 1. The summed E-state index contributed by atoms with van der Waals surface area (Å²) in [6.07, 6.45) is -3.55. The Bertz CT molecular complexity index is 386. The Balaban J connectivity index is 1.72. The van der Waals surface area contributed by atoms with Gasteiger partial charge in [0.05, 0.1) is 11.8 Å². The van der Waals surface area contributed by atoms with E-state index in [0.717, 1.165) is 0 Å². The van der Waals surface area contributed by atoms with Crippen LogP contribution in [0.1, 0.15) is 25.7 Å². The van der Waals surface area contributed by atoms with Crippen LogP contribution in [0.15, 0.2) is 0 Å². The van der Waals surface area contributed by atoms with E-state index < -0.39 is 24.0 Å². The van der Waals surface area contributed by atoms with E-state index in [1.807, 2.05) is 0 Å². The van der Waals surface area contributed by atoms with Gasteiger partial charge < -0.3 is 15.3 Å². The molecule has 2 aliphatic rings. The number of nitrogens with zero attached hydrogens (tertiary/aromatic N) is 1. The van der Waals surface area contributed by atoms with Crippen molar-refractivity contribution in [1.82, 2.24) is 10.2 Å². The number of aliphatic carboxylic acids is 1. The van der Waals surface area contributed by atoms with Crippen molar-refractivity contribution < 1.29 is 27.9 Å². The Labute approximate surface area is 114 Å². The second kappa shape index (κ2) is 5.49. The van der Waals surface area contributed by atoms with Crippen molar-refractivity contribution >= 4 is 12.0 Å². The Kier molecular flexibility index (Phi) is 4.10. The first-order valence-corrected chi connectivity index (χ1v) is 6.62. The second-order valence-electron chi connectivity index (χ2n) is 5.46. The number of nitrogens with one attached hydrogen (secondary N) is 1. The molecule has 0 unspecified atom stereocenters. The van der Waals surface area contributed by atoms with Crippen molar-refractivity contribution in [3.63, 3.8) is 0 Å². The molecule has 114 valence electrons. The summed E-state index contributed by atoms with van der Waals surface area (Å²) in [5.41, 5.74) is 0. The molecule has 2 rings (SSSR count). The van der Waals surface area contributed by atoms with E-state index in [2.05, 4.69) is 5.32 Å². The Morgan fingerprint density at radius 2 is 1.70 bits per heavy atom. The number of urea groups is 1. The number of hydrogen-bond donors (Lipinski definition) is 2. The summed E-state index contributed by atoms with van der Waals surface area (Å²) < 4.78 is 37.5. The van der Waals surface area contributed by atoms with E-state index >= 15 is 0 Å². The normalized spacial score (nSPS) is 27.9. The van der Waals surface area contributed by atoms with Gasteiger partial charge in [-0.05, 0) is 25.7 Å². The van der Waals surface area contributed by atoms with Crippen LogP contribution in [0.4, 0.5) is 18.0 Å². The van der Waals surface area contributed by atoms with Gasteiger partial charge in [0.15, 0.2) is 0 Å². The van der Waals surface area contributed by atoms with Crippen molar-refractivity contribution in [3.05, 3.63) is 0 Å². The first-order chi connectivity index (χ1) is 9.27. The molecular formula is C12H17F3N2O3. The summed E-state index contributed by atoms with van der Waals surface area (Å²) in [6, 6.07) is -0.566. The number of amides is 2. The molecule has 0 spiro atoms. The number of piperidine rings is 1. The van der Waals surface area contributed by atoms with Crippen molar-refractivity contribution in [1.29, 1.82) is 0 Å². The minimum atomic E-state index is -4.19. The first kappa shape index (κ1) is 14.9. The van der Waals surface area contributed by atoms with Crippen LogP contribution in [0.5, 0.6) is 0 Å². The quantitative estimate of drug-likeness (QED) is 0.816. The standard InChI is InChI=1S/C12H17F3N2O3/c13-12(14,15)8-1-3-17(4-2-8)11(20)16-9-5-7(6-9)10(18)19/h7-9H,1-6H2,(H,16,20)(H,18,19). The number of carboxylic acids is 1. The fourth-order valence-corrected chi connectivity index (χ4v) is 2.61. The lowest BCUT2D eigenvalue weighted by Crippen LogP contribution is -2.53. The predicted octanol–water partition coefficient (Wildman–Crippen LogP) is 1.83. The average Bonchev–Trinajstić information content (AvgIpc) is 2.31. The van der Waals surface area contributed by atoms with Crippen LogP contribution < -0.4 is 5.32 Å². The van der Waals surface area contributed by atoms with Gasteiger partial charge in [-0.3, -0.25) is 4.79 Å². The SMILES string of the molecule is O=C(O)C1CC(NC(=O)N2CCC(C(F)(F)F)CC2)C1. The summed E-state index contributed by atoms with van der Waals surface area (Å²) in [7, 11) is 0. The summed E-state index contributed by atoms with van der Waals surface area (Å²) in [5.74, 6) is -2.62. The lowest BCUT2D eigenvalue weighted by Gasteiger charge is -2.37. The smallest absolute Gasteiger partial charge is 0.391 e. The van der Waals surface area contributed by atoms with E-state index in [4.69, 9.17) is 5.11 Å². The zero-order chi connectivity index (χ0) is 14.9. The van der Waals surface area contributed by atoms with Crippen LogP contribution in [-0.2, 0) is 4.79 Å². The fourth-order valence-electron chi connectivity index (χ4n) is 2.61. The zero-order valence-electron chi connectivity index (χ0n) is 10.8. The summed E-state index contributed by atoms with van der Waals surface area (Å²) in [5, 5.41) is 11.4. The summed E-state index contributed by atoms with van der Waals surface area (Å²) in [4.78, 5) is 23.8. The summed E-state index contributed by atoms with van der Waals surface area (Å²) in [6.45, 7) is 0.177. The van der Waals surface area contributed by atoms with E-state index in [1.165, 1.54) is 4.90 Å². The molecule has 20 heavy (non-hydrogen) atoms. The molecular weight excluding hydrogens is 277 g/mol. The number of carbonyl (C=O) groups excluding carboxylic acids is 1. The third kappa shape index (κ3) is 3.34. The van der Waals surface area contributed by atoms with Crippen LogP contribution in [0.3, 0.4) is 0 Å². The maximum atomic E-state index is 12.5. The number of halogens is 3. The van der Waals surface area contributed by atoms with Crippen LogP contribution in [-0.4, -0.2) is 47.3 Å². The van der Waals surface area contributed by atoms with Crippen molar-refractivity contribution in [3.8, 4) is 0 Å². The molecule has 1 saturated carbocycles. The molecule has 0 radical (unpaired) electrons. The Hall–Kier alpha value is -1.47. The van der Waals surface area contributed by atoms with Crippen LogP contribution >= 0.6 is 0 Å². The number of hydrogen-bond acceptors (Lipinski definition) is 2. The highest BCUT2D eigenvalue weighted by molar-refractivity contribution is 5.76. The maximum Gasteiger partial charge on any atom is 0.391 e. The van der Waals surface area contributed by atoms with E-state index in [9.17, 15) is 22.8 Å². The van der Waals surface area contributed by atoms with Gasteiger partial charge in [-0.25, -0.2) is 4.79 Å². The highest BCUT2D eigenvalue weighted by Crippen LogP contribution is 2.34. The van der Waals surface area contributed by atoms with Gasteiger partial charge in [-0.15, -0.1) is 0 Å². The number of carboxylic acid groups (broad SMARTS) is 1. The molecule has 1 saturated heterocycles. The zero-order valence-corrected chi connectivity index (χ0v) is 10.8. The Morgan fingerprint density at radius 1 is 1.15 bits per heavy atom. The molecule has 2 fully saturated rings. The Morgan fingerprint density at radius 3 is 2.15 bits per heavy atom. The molecule has 5 nitrogen and oxygen atoms in total. The number of carbonyl (C=O) groups is 2. The lowest BCUT2D eigenvalue weighted by molar-refractivity contribution is -0.183. The highest BCUT2D eigenvalue weighted by Gasteiger charge is 2.42. The van der Waals surface area contributed by atoms with Crippen molar-refractivity contribution in [2.75, 3.05) is 13.1 Å². The van der Waals surface area contributed by atoms with Gasteiger partial charge in [0, 0.05) is 19.1 Å². The largest absolute Gasteiger partial charge is 0.481 e. The first-order valence-electron chi connectivity index (χ1n) is 6.62. The van der Waals surface area contributed by atoms with Gasteiger partial charge in [0.2, 0.25) is 0 Å². The number of rotatable bonds is 2. The molecule has 8 heteroatoms.